The molecule has 1 aliphatic heterocycles. The zero-order valence-electron chi connectivity index (χ0n) is 10.2. The van der Waals surface area contributed by atoms with Crippen molar-refractivity contribution in [2.24, 2.45) is 0 Å². The Morgan fingerprint density at radius 1 is 1.41 bits per heavy atom. The van der Waals surface area contributed by atoms with E-state index in [0.717, 1.165) is 23.5 Å². The maximum Gasteiger partial charge on any atom is 0.161 e. The zero-order chi connectivity index (χ0) is 12.3. The maximum atomic E-state index is 9.52. The SMILES string of the molecule is COc1cc(C(C)O)ccc1OC1CCSC1. The van der Waals surface area contributed by atoms with E-state index in [4.69, 9.17) is 9.47 Å². The lowest BCUT2D eigenvalue weighted by Gasteiger charge is -2.16. The van der Waals surface area contributed by atoms with Crippen LogP contribution in [0.25, 0.3) is 0 Å². The third-order valence-electron chi connectivity index (χ3n) is 2.85. The Morgan fingerprint density at radius 2 is 2.24 bits per heavy atom. The first-order valence-corrected chi connectivity index (χ1v) is 6.96. The predicted molar refractivity (Wildman–Crippen MR) is 70.0 cm³/mol. The van der Waals surface area contributed by atoms with Crippen LogP contribution < -0.4 is 9.47 Å². The first-order valence-electron chi connectivity index (χ1n) is 5.81. The molecule has 1 aliphatic rings. The quantitative estimate of drug-likeness (QED) is 0.896. The first-order chi connectivity index (χ1) is 8.20. The van der Waals surface area contributed by atoms with Crippen molar-refractivity contribution in [2.75, 3.05) is 18.6 Å². The third kappa shape index (κ3) is 3.07. The van der Waals surface area contributed by atoms with Crippen LogP contribution in [0, 0.1) is 0 Å². The highest BCUT2D eigenvalue weighted by molar-refractivity contribution is 7.99. The van der Waals surface area contributed by atoms with Crippen LogP contribution >= 0.6 is 11.8 Å². The van der Waals surface area contributed by atoms with Gasteiger partial charge in [0.1, 0.15) is 6.10 Å². The maximum absolute atomic E-state index is 9.52. The van der Waals surface area contributed by atoms with Gasteiger partial charge in [0.05, 0.1) is 13.2 Å². The fourth-order valence-corrected chi connectivity index (χ4v) is 2.92. The topological polar surface area (TPSA) is 38.7 Å². The van der Waals surface area contributed by atoms with E-state index in [1.54, 1.807) is 14.0 Å². The van der Waals surface area contributed by atoms with Gasteiger partial charge in [-0.1, -0.05) is 6.07 Å². The molecular weight excluding hydrogens is 236 g/mol. The lowest BCUT2D eigenvalue weighted by Crippen LogP contribution is -2.15. The number of hydrogen-bond donors (Lipinski definition) is 1. The molecule has 17 heavy (non-hydrogen) atoms. The van der Waals surface area contributed by atoms with Crippen LogP contribution in [0.3, 0.4) is 0 Å². The second-order valence-electron chi connectivity index (χ2n) is 4.19. The number of benzene rings is 1. The molecule has 0 aromatic heterocycles. The van der Waals surface area contributed by atoms with Crippen molar-refractivity contribution in [3.05, 3.63) is 23.8 Å². The van der Waals surface area contributed by atoms with Crippen molar-refractivity contribution < 1.29 is 14.6 Å². The van der Waals surface area contributed by atoms with Gasteiger partial charge in [-0.3, -0.25) is 0 Å². The second kappa shape index (κ2) is 5.65. The Hall–Kier alpha value is -0.870. The van der Waals surface area contributed by atoms with Crippen molar-refractivity contribution in [3.63, 3.8) is 0 Å². The van der Waals surface area contributed by atoms with Crippen LogP contribution in [0.15, 0.2) is 18.2 Å². The number of methoxy groups -OCH3 is 1. The Balaban J connectivity index is 2.15. The molecule has 1 aromatic carbocycles. The molecule has 1 N–H and O–H groups in total. The standard InChI is InChI=1S/C13H18O3S/c1-9(14)10-3-4-12(13(7-10)15-2)16-11-5-6-17-8-11/h3-4,7,9,11,14H,5-6,8H2,1-2H3. The van der Waals surface area contributed by atoms with E-state index in [1.807, 2.05) is 30.0 Å². The Labute approximate surface area is 106 Å². The van der Waals surface area contributed by atoms with Crippen LogP contribution in [0.5, 0.6) is 11.5 Å². The van der Waals surface area contributed by atoms with Crippen LogP contribution in [0.2, 0.25) is 0 Å². The van der Waals surface area contributed by atoms with E-state index in [1.165, 1.54) is 5.75 Å². The molecule has 1 aromatic rings. The largest absolute Gasteiger partial charge is 0.493 e. The zero-order valence-corrected chi connectivity index (χ0v) is 11.0. The first kappa shape index (κ1) is 12.6. The number of rotatable bonds is 4. The van der Waals surface area contributed by atoms with Gasteiger partial charge in [-0.15, -0.1) is 0 Å². The van der Waals surface area contributed by atoms with Crippen LogP contribution in [0.4, 0.5) is 0 Å². The molecule has 0 spiro atoms. The van der Waals surface area contributed by atoms with E-state index in [0.29, 0.717) is 5.75 Å². The van der Waals surface area contributed by atoms with Crippen LogP contribution in [-0.2, 0) is 0 Å². The minimum Gasteiger partial charge on any atom is -0.493 e. The minimum absolute atomic E-state index is 0.284. The van der Waals surface area contributed by atoms with Gasteiger partial charge in [0.2, 0.25) is 0 Å². The number of aliphatic hydroxyl groups is 1. The monoisotopic (exact) mass is 254 g/mol. The second-order valence-corrected chi connectivity index (χ2v) is 5.34. The molecular formula is C13H18O3S. The van der Waals surface area contributed by atoms with Crippen LogP contribution in [-0.4, -0.2) is 29.8 Å². The molecule has 0 radical (unpaired) electrons. The highest BCUT2D eigenvalue weighted by atomic mass is 32.2. The summed E-state index contributed by atoms with van der Waals surface area (Å²) < 4.78 is 11.2. The summed E-state index contributed by atoms with van der Waals surface area (Å²) in [4.78, 5) is 0. The molecule has 2 rings (SSSR count). The fraction of sp³-hybridized carbons (Fsp3) is 0.538. The summed E-state index contributed by atoms with van der Waals surface area (Å²) in [6.07, 6.45) is 0.887. The third-order valence-corrected chi connectivity index (χ3v) is 3.98. The van der Waals surface area contributed by atoms with E-state index in [2.05, 4.69) is 0 Å². The summed E-state index contributed by atoms with van der Waals surface area (Å²) in [5.74, 6) is 3.67. The van der Waals surface area contributed by atoms with Gasteiger partial charge in [0.25, 0.3) is 0 Å². The molecule has 2 unspecified atom stereocenters. The van der Waals surface area contributed by atoms with Gasteiger partial charge < -0.3 is 14.6 Å². The molecule has 0 aliphatic carbocycles. The van der Waals surface area contributed by atoms with Crippen molar-refractivity contribution in [1.82, 2.24) is 0 Å². The molecule has 0 amide bonds. The van der Waals surface area contributed by atoms with E-state index in [-0.39, 0.29) is 6.10 Å². The van der Waals surface area contributed by atoms with Crippen LogP contribution in [0.1, 0.15) is 25.0 Å². The predicted octanol–water partition coefficient (Wildman–Crippen LogP) is 2.63. The summed E-state index contributed by atoms with van der Waals surface area (Å²) in [6, 6.07) is 5.59. The van der Waals surface area contributed by atoms with Gasteiger partial charge in [-0.2, -0.15) is 11.8 Å². The van der Waals surface area contributed by atoms with Crippen molar-refractivity contribution >= 4 is 11.8 Å². The average Bonchev–Trinajstić information content (AvgIpc) is 2.82. The van der Waals surface area contributed by atoms with Gasteiger partial charge >= 0.3 is 0 Å². The average molecular weight is 254 g/mol. The summed E-state index contributed by atoms with van der Waals surface area (Å²) in [7, 11) is 1.62. The highest BCUT2D eigenvalue weighted by Gasteiger charge is 2.19. The summed E-state index contributed by atoms with van der Waals surface area (Å²) in [5, 5.41) is 9.52. The molecule has 0 bridgehead atoms. The van der Waals surface area contributed by atoms with Gasteiger partial charge in [-0.05, 0) is 36.8 Å². The van der Waals surface area contributed by atoms with Gasteiger partial charge in [0, 0.05) is 5.75 Å². The number of ether oxygens (including phenoxy) is 2. The Bertz CT molecular complexity index is 373. The number of thioether (sulfide) groups is 1. The Morgan fingerprint density at radius 3 is 2.82 bits per heavy atom. The van der Waals surface area contributed by atoms with E-state index < -0.39 is 6.10 Å². The highest BCUT2D eigenvalue weighted by Crippen LogP contribution is 2.33. The summed E-state index contributed by atoms with van der Waals surface area (Å²) in [6.45, 7) is 1.74. The van der Waals surface area contributed by atoms with Gasteiger partial charge in [0.15, 0.2) is 11.5 Å². The van der Waals surface area contributed by atoms with Crippen molar-refractivity contribution in [2.45, 2.75) is 25.6 Å². The number of aliphatic hydroxyl groups excluding tert-OH is 1. The Kier molecular flexibility index (Phi) is 4.18. The minimum atomic E-state index is -0.486. The molecule has 3 nitrogen and oxygen atoms in total. The lowest BCUT2D eigenvalue weighted by molar-refractivity contribution is 0.197. The normalized spacial score (nSPS) is 21.2. The van der Waals surface area contributed by atoms with Gasteiger partial charge in [-0.25, -0.2) is 0 Å². The van der Waals surface area contributed by atoms with Crippen molar-refractivity contribution in [3.8, 4) is 11.5 Å². The molecule has 1 heterocycles. The lowest BCUT2D eigenvalue weighted by atomic mass is 10.1. The number of hydrogen-bond acceptors (Lipinski definition) is 4. The fourth-order valence-electron chi connectivity index (χ4n) is 1.83. The smallest absolute Gasteiger partial charge is 0.161 e. The summed E-state index contributed by atoms with van der Waals surface area (Å²) >= 11 is 1.92. The molecule has 94 valence electrons. The molecule has 1 saturated heterocycles. The molecule has 0 saturated carbocycles. The molecule has 2 atom stereocenters. The van der Waals surface area contributed by atoms with E-state index >= 15 is 0 Å². The molecule has 4 heteroatoms. The summed E-state index contributed by atoms with van der Waals surface area (Å²) in [5.41, 5.74) is 0.843. The molecule has 1 fully saturated rings. The van der Waals surface area contributed by atoms with E-state index in [9.17, 15) is 5.11 Å². The van der Waals surface area contributed by atoms with Crippen molar-refractivity contribution in [1.29, 1.82) is 0 Å².